The first-order valence-corrected chi connectivity index (χ1v) is 5.77. The summed E-state index contributed by atoms with van der Waals surface area (Å²) in [5.74, 6) is 0.392. The van der Waals surface area contributed by atoms with Gasteiger partial charge in [0.2, 0.25) is 0 Å². The van der Waals surface area contributed by atoms with Crippen LogP contribution in [0.5, 0.6) is 0 Å². The highest BCUT2D eigenvalue weighted by Gasteiger charge is 2.32. The molecule has 0 saturated carbocycles. The van der Waals surface area contributed by atoms with Crippen molar-refractivity contribution >= 4 is 6.03 Å². The molecular formula is C11H22N2O3. The number of rotatable bonds is 4. The normalized spacial score (nSPS) is 26.8. The van der Waals surface area contributed by atoms with Crippen LogP contribution >= 0.6 is 0 Å². The molecular weight excluding hydrogens is 208 g/mol. The van der Waals surface area contributed by atoms with E-state index in [1.165, 1.54) is 0 Å². The van der Waals surface area contributed by atoms with Gasteiger partial charge in [0, 0.05) is 19.1 Å². The van der Waals surface area contributed by atoms with E-state index >= 15 is 0 Å². The van der Waals surface area contributed by atoms with Crippen LogP contribution in [0.4, 0.5) is 4.79 Å². The Morgan fingerprint density at radius 2 is 2.19 bits per heavy atom. The molecule has 1 rings (SSSR count). The van der Waals surface area contributed by atoms with E-state index in [9.17, 15) is 9.90 Å². The van der Waals surface area contributed by atoms with Crippen molar-refractivity contribution in [3.63, 3.8) is 0 Å². The zero-order valence-corrected chi connectivity index (χ0v) is 10.2. The molecule has 1 saturated heterocycles. The van der Waals surface area contributed by atoms with Crippen LogP contribution in [0.25, 0.3) is 0 Å². The monoisotopic (exact) mass is 230 g/mol. The molecule has 1 aliphatic rings. The van der Waals surface area contributed by atoms with E-state index in [1.807, 2.05) is 20.8 Å². The van der Waals surface area contributed by atoms with Crippen LogP contribution in [0.3, 0.4) is 0 Å². The van der Waals surface area contributed by atoms with Gasteiger partial charge in [-0.2, -0.15) is 0 Å². The van der Waals surface area contributed by atoms with Crippen molar-refractivity contribution in [2.24, 2.45) is 5.92 Å². The van der Waals surface area contributed by atoms with E-state index < -0.39 is 5.60 Å². The summed E-state index contributed by atoms with van der Waals surface area (Å²) < 4.78 is 5.09. The molecule has 1 heterocycles. The Morgan fingerprint density at radius 3 is 2.69 bits per heavy atom. The smallest absolute Gasteiger partial charge is 0.315 e. The molecule has 0 aromatic rings. The van der Waals surface area contributed by atoms with Gasteiger partial charge in [-0.15, -0.1) is 0 Å². The zero-order chi connectivity index (χ0) is 12.2. The van der Waals surface area contributed by atoms with Crippen LogP contribution in [0.1, 0.15) is 27.2 Å². The number of urea groups is 1. The Kier molecular flexibility index (Phi) is 4.56. The van der Waals surface area contributed by atoms with Gasteiger partial charge in [0.05, 0.1) is 13.2 Å². The predicted molar refractivity (Wildman–Crippen MR) is 61.2 cm³/mol. The lowest BCUT2D eigenvalue weighted by molar-refractivity contribution is 0.0291. The molecule has 3 N–H and O–H groups in total. The first-order chi connectivity index (χ1) is 7.43. The summed E-state index contributed by atoms with van der Waals surface area (Å²) in [6, 6.07) is -0.115. The maximum atomic E-state index is 11.5. The topological polar surface area (TPSA) is 70.6 Å². The Hall–Kier alpha value is -0.810. The van der Waals surface area contributed by atoms with Gasteiger partial charge in [0.1, 0.15) is 5.60 Å². The minimum absolute atomic E-state index is 0.120. The number of carbonyl (C=O) groups is 1. The third-order valence-corrected chi connectivity index (χ3v) is 3.02. The summed E-state index contributed by atoms with van der Waals surface area (Å²) in [7, 11) is 0. The van der Waals surface area contributed by atoms with E-state index in [-0.39, 0.29) is 18.6 Å². The Labute approximate surface area is 96.6 Å². The molecule has 2 amide bonds. The summed E-state index contributed by atoms with van der Waals surface area (Å²) in [5.41, 5.74) is -0.890. The molecule has 94 valence electrons. The van der Waals surface area contributed by atoms with Gasteiger partial charge >= 0.3 is 6.03 Å². The lowest BCUT2D eigenvalue weighted by Gasteiger charge is -2.23. The quantitative estimate of drug-likeness (QED) is 0.658. The van der Waals surface area contributed by atoms with Crippen molar-refractivity contribution in [3.8, 4) is 0 Å². The fourth-order valence-corrected chi connectivity index (χ4v) is 1.41. The highest BCUT2D eigenvalue weighted by Crippen LogP contribution is 2.16. The number of hydrogen-bond donors (Lipinski definition) is 3. The Morgan fingerprint density at radius 1 is 1.50 bits per heavy atom. The summed E-state index contributed by atoms with van der Waals surface area (Å²) in [4.78, 5) is 11.5. The highest BCUT2D eigenvalue weighted by atomic mass is 16.5. The number of nitrogens with one attached hydrogen (secondary N) is 2. The van der Waals surface area contributed by atoms with Crippen molar-refractivity contribution in [1.29, 1.82) is 0 Å². The van der Waals surface area contributed by atoms with Gasteiger partial charge in [-0.25, -0.2) is 4.79 Å². The van der Waals surface area contributed by atoms with Crippen LogP contribution in [-0.2, 0) is 4.74 Å². The van der Waals surface area contributed by atoms with Crippen molar-refractivity contribution in [2.45, 2.75) is 38.8 Å². The average molecular weight is 230 g/mol. The van der Waals surface area contributed by atoms with Gasteiger partial charge in [0.25, 0.3) is 0 Å². The third kappa shape index (κ3) is 3.98. The van der Waals surface area contributed by atoms with Crippen LogP contribution in [-0.4, -0.2) is 42.5 Å². The molecule has 1 aliphatic heterocycles. The summed E-state index contributed by atoms with van der Waals surface area (Å²) in [6.45, 7) is 7.14. The molecule has 5 nitrogen and oxygen atoms in total. The summed E-state index contributed by atoms with van der Waals surface area (Å²) in [5, 5.41) is 15.4. The molecule has 0 aliphatic carbocycles. The number of ether oxygens (including phenoxy) is 1. The number of amides is 2. The third-order valence-electron chi connectivity index (χ3n) is 3.02. The minimum Gasteiger partial charge on any atom is -0.386 e. The van der Waals surface area contributed by atoms with Crippen molar-refractivity contribution in [1.82, 2.24) is 10.6 Å². The standard InChI is InChI=1S/C11H22N2O3/c1-8(2)9(3)13-10(14)12-6-11(15)4-5-16-7-11/h8-9,15H,4-7H2,1-3H3,(H2,12,13,14)/t9-,11-/m0/s1. The summed E-state index contributed by atoms with van der Waals surface area (Å²) in [6.07, 6.45) is 0.576. The maximum Gasteiger partial charge on any atom is 0.315 e. The minimum atomic E-state index is -0.890. The second kappa shape index (κ2) is 5.50. The van der Waals surface area contributed by atoms with E-state index in [0.717, 1.165) is 0 Å². The lowest BCUT2D eigenvalue weighted by atomic mass is 10.0. The first kappa shape index (κ1) is 13.3. The lowest BCUT2D eigenvalue weighted by Crippen LogP contribution is -2.49. The second-order valence-corrected chi connectivity index (χ2v) is 4.89. The fourth-order valence-electron chi connectivity index (χ4n) is 1.41. The van der Waals surface area contributed by atoms with Crippen LogP contribution in [0.2, 0.25) is 0 Å². The van der Waals surface area contributed by atoms with E-state index in [0.29, 0.717) is 25.6 Å². The van der Waals surface area contributed by atoms with Crippen molar-refractivity contribution in [3.05, 3.63) is 0 Å². The van der Waals surface area contributed by atoms with Gasteiger partial charge in [0.15, 0.2) is 0 Å². The van der Waals surface area contributed by atoms with Crippen LogP contribution in [0.15, 0.2) is 0 Å². The fraction of sp³-hybridized carbons (Fsp3) is 0.909. The maximum absolute atomic E-state index is 11.5. The molecule has 1 fully saturated rings. The Balaban J connectivity index is 2.24. The van der Waals surface area contributed by atoms with Crippen molar-refractivity contribution in [2.75, 3.05) is 19.8 Å². The Bertz CT molecular complexity index is 237. The molecule has 2 atom stereocenters. The highest BCUT2D eigenvalue weighted by molar-refractivity contribution is 5.74. The number of hydrogen-bond acceptors (Lipinski definition) is 3. The van der Waals surface area contributed by atoms with E-state index in [1.54, 1.807) is 0 Å². The largest absolute Gasteiger partial charge is 0.386 e. The number of aliphatic hydroxyl groups is 1. The van der Waals surface area contributed by atoms with Gasteiger partial charge in [-0.3, -0.25) is 0 Å². The molecule has 0 radical (unpaired) electrons. The van der Waals surface area contributed by atoms with Crippen LogP contribution in [0, 0.1) is 5.92 Å². The SMILES string of the molecule is CC(C)[C@H](C)NC(=O)NC[C@@]1(O)CCOC1. The average Bonchev–Trinajstić information content (AvgIpc) is 2.63. The van der Waals surface area contributed by atoms with E-state index in [4.69, 9.17) is 4.74 Å². The van der Waals surface area contributed by atoms with Crippen molar-refractivity contribution < 1.29 is 14.6 Å². The zero-order valence-electron chi connectivity index (χ0n) is 10.2. The second-order valence-electron chi connectivity index (χ2n) is 4.89. The van der Waals surface area contributed by atoms with Crippen LogP contribution < -0.4 is 10.6 Å². The predicted octanol–water partition coefficient (Wildman–Crippen LogP) is 0.481. The van der Waals surface area contributed by atoms with E-state index in [2.05, 4.69) is 10.6 Å². The molecule has 0 unspecified atom stereocenters. The summed E-state index contributed by atoms with van der Waals surface area (Å²) >= 11 is 0. The first-order valence-electron chi connectivity index (χ1n) is 5.77. The van der Waals surface area contributed by atoms with Gasteiger partial charge in [-0.05, 0) is 12.8 Å². The molecule has 0 spiro atoms. The number of carbonyl (C=O) groups excluding carboxylic acids is 1. The molecule has 5 heteroatoms. The molecule has 0 aromatic carbocycles. The van der Waals surface area contributed by atoms with Gasteiger partial charge in [-0.1, -0.05) is 13.8 Å². The molecule has 0 aromatic heterocycles. The molecule has 0 bridgehead atoms. The molecule has 16 heavy (non-hydrogen) atoms. The van der Waals surface area contributed by atoms with Gasteiger partial charge < -0.3 is 20.5 Å².